The topological polar surface area (TPSA) is 12.0 Å². The Morgan fingerprint density at radius 2 is 2.12 bits per heavy atom. The number of benzene rings is 1. The van der Waals surface area contributed by atoms with E-state index in [1.54, 1.807) is 6.07 Å². The second kappa shape index (κ2) is 6.55. The van der Waals surface area contributed by atoms with E-state index in [9.17, 15) is 4.39 Å². The van der Waals surface area contributed by atoms with Crippen LogP contribution in [0.1, 0.15) is 25.8 Å². The number of hydrogen-bond donors (Lipinski definition) is 1. The predicted molar refractivity (Wildman–Crippen MR) is 71.6 cm³/mol. The normalized spacial score (nSPS) is 14.3. The molecule has 1 unspecified atom stereocenters. The van der Waals surface area contributed by atoms with Crippen LogP contribution in [-0.2, 0) is 6.42 Å². The standard InChI is InChI=1S/C15H22FN/c1-4-10-17-12-15(3,5-2)11-13-8-6-7-9-14(13)16/h5-9,17H,2,4,10-12H2,1,3H3. The van der Waals surface area contributed by atoms with Crippen LogP contribution < -0.4 is 5.32 Å². The average Bonchev–Trinajstić information content (AvgIpc) is 2.33. The first kappa shape index (κ1) is 13.9. The lowest BCUT2D eigenvalue weighted by Gasteiger charge is -2.26. The number of nitrogens with one attached hydrogen (secondary N) is 1. The number of rotatable bonds is 7. The van der Waals surface area contributed by atoms with E-state index in [0.29, 0.717) is 6.42 Å². The second-order valence-electron chi connectivity index (χ2n) is 4.80. The fraction of sp³-hybridized carbons (Fsp3) is 0.467. The first-order valence-electron chi connectivity index (χ1n) is 6.19. The van der Waals surface area contributed by atoms with Gasteiger partial charge in [-0.3, -0.25) is 0 Å². The molecule has 0 aromatic heterocycles. The van der Waals surface area contributed by atoms with Crippen molar-refractivity contribution < 1.29 is 4.39 Å². The summed E-state index contributed by atoms with van der Waals surface area (Å²) in [7, 11) is 0. The van der Waals surface area contributed by atoms with Gasteiger partial charge >= 0.3 is 0 Å². The summed E-state index contributed by atoms with van der Waals surface area (Å²) in [5, 5.41) is 3.37. The summed E-state index contributed by atoms with van der Waals surface area (Å²) in [5.41, 5.74) is 0.658. The minimum atomic E-state index is -0.129. The van der Waals surface area contributed by atoms with Crippen LogP contribution in [0.3, 0.4) is 0 Å². The van der Waals surface area contributed by atoms with Gasteiger partial charge in [-0.25, -0.2) is 4.39 Å². The zero-order valence-corrected chi connectivity index (χ0v) is 10.8. The molecule has 0 aliphatic carbocycles. The molecule has 0 amide bonds. The Morgan fingerprint density at radius 1 is 1.41 bits per heavy atom. The molecule has 0 aliphatic heterocycles. The number of hydrogen-bond acceptors (Lipinski definition) is 1. The summed E-state index contributed by atoms with van der Waals surface area (Å²) in [6.07, 6.45) is 3.70. The van der Waals surface area contributed by atoms with E-state index >= 15 is 0 Å². The quantitative estimate of drug-likeness (QED) is 0.563. The van der Waals surface area contributed by atoms with Gasteiger partial charge in [0.1, 0.15) is 5.82 Å². The molecule has 1 nitrogen and oxygen atoms in total. The monoisotopic (exact) mass is 235 g/mol. The second-order valence-corrected chi connectivity index (χ2v) is 4.80. The maximum Gasteiger partial charge on any atom is 0.126 e. The molecular formula is C15H22FN. The van der Waals surface area contributed by atoms with E-state index in [4.69, 9.17) is 0 Å². The van der Waals surface area contributed by atoms with Crippen LogP contribution in [0, 0.1) is 11.2 Å². The van der Waals surface area contributed by atoms with Crippen molar-refractivity contribution in [1.82, 2.24) is 5.32 Å². The van der Waals surface area contributed by atoms with Crippen molar-refractivity contribution in [2.24, 2.45) is 5.41 Å². The van der Waals surface area contributed by atoms with Gasteiger partial charge in [-0.15, -0.1) is 6.58 Å². The highest BCUT2D eigenvalue weighted by Gasteiger charge is 2.21. The molecule has 0 bridgehead atoms. The molecule has 1 aromatic rings. The summed E-state index contributed by atoms with van der Waals surface area (Å²) in [6.45, 7) is 9.93. The van der Waals surface area contributed by atoms with Crippen LogP contribution in [0.2, 0.25) is 0 Å². The molecular weight excluding hydrogens is 213 g/mol. The first-order valence-corrected chi connectivity index (χ1v) is 6.19. The Bertz CT molecular complexity index is 362. The molecule has 17 heavy (non-hydrogen) atoms. The van der Waals surface area contributed by atoms with Gasteiger partial charge in [-0.2, -0.15) is 0 Å². The third-order valence-electron chi connectivity index (χ3n) is 3.00. The smallest absolute Gasteiger partial charge is 0.126 e. The third kappa shape index (κ3) is 4.31. The molecule has 0 aliphatic rings. The van der Waals surface area contributed by atoms with Gasteiger partial charge in [0.15, 0.2) is 0 Å². The van der Waals surface area contributed by atoms with E-state index in [1.807, 2.05) is 18.2 Å². The fourth-order valence-corrected chi connectivity index (χ4v) is 1.83. The van der Waals surface area contributed by atoms with Gasteiger partial charge in [-0.05, 0) is 31.0 Å². The first-order chi connectivity index (χ1) is 8.11. The van der Waals surface area contributed by atoms with Gasteiger partial charge < -0.3 is 5.32 Å². The molecule has 0 saturated heterocycles. The Hall–Kier alpha value is -1.15. The highest BCUT2D eigenvalue weighted by atomic mass is 19.1. The summed E-state index contributed by atoms with van der Waals surface area (Å²) in [5.74, 6) is -0.129. The minimum absolute atomic E-state index is 0.0998. The molecule has 94 valence electrons. The largest absolute Gasteiger partial charge is 0.316 e. The van der Waals surface area contributed by atoms with Crippen molar-refractivity contribution in [3.8, 4) is 0 Å². The van der Waals surface area contributed by atoms with Crippen LogP contribution in [0.25, 0.3) is 0 Å². The summed E-state index contributed by atoms with van der Waals surface area (Å²) in [4.78, 5) is 0. The minimum Gasteiger partial charge on any atom is -0.316 e. The van der Waals surface area contributed by atoms with Gasteiger partial charge in [-0.1, -0.05) is 38.1 Å². The highest BCUT2D eigenvalue weighted by molar-refractivity contribution is 5.20. The lowest BCUT2D eigenvalue weighted by Crippen LogP contribution is -2.32. The van der Waals surface area contributed by atoms with E-state index in [1.165, 1.54) is 6.07 Å². The van der Waals surface area contributed by atoms with E-state index in [-0.39, 0.29) is 11.2 Å². The molecule has 1 rings (SSSR count). The third-order valence-corrected chi connectivity index (χ3v) is 3.00. The molecule has 0 saturated carbocycles. The maximum absolute atomic E-state index is 13.6. The lowest BCUT2D eigenvalue weighted by atomic mass is 9.83. The van der Waals surface area contributed by atoms with Crippen LogP contribution in [0.15, 0.2) is 36.9 Å². The molecule has 1 N–H and O–H groups in total. The van der Waals surface area contributed by atoms with Crippen LogP contribution >= 0.6 is 0 Å². The Kier molecular flexibility index (Phi) is 5.36. The van der Waals surface area contributed by atoms with Crippen LogP contribution in [0.5, 0.6) is 0 Å². The molecule has 0 fully saturated rings. The average molecular weight is 235 g/mol. The molecule has 2 heteroatoms. The van der Waals surface area contributed by atoms with Gasteiger partial charge in [0.25, 0.3) is 0 Å². The highest BCUT2D eigenvalue weighted by Crippen LogP contribution is 2.24. The fourth-order valence-electron chi connectivity index (χ4n) is 1.83. The molecule has 0 heterocycles. The van der Waals surface area contributed by atoms with Gasteiger partial charge in [0.2, 0.25) is 0 Å². The Balaban J connectivity index is 2.68. The molecule has 1 aromatic carbocycles. The Morgan fingerprint density at radius 3 is 2.71 bits per heavy atom. The van der Waals surface area contributed by atoms with Crippen molar-refractivity contribution >= 4 is 0 Å². The van der Waals surface area contributed by atoms with Gasteiger partial charge in [0, 0.05) is 12.0 Å². The lowest BCUT2D eigenvalue weighted by molar-refractivity contribution is 0.385. The van der Waals surface area contributed by atoms with Gasteiger partial charge in [0.05, 0.1) is 0 Å². The number of halogens is 1. The summed E-state index contributed by atoms with van der Waals surface area (Å²) in [6, 6.07) is 6.95. The van der Waals surface area contributed by atoms with Crippen molar-refractivity contribution in [2.45, 2.75) is 26.7 Å². The Labute approximate surface area is 104 Å². The van der Waals surface area contributed by atoms with Crippen LogP contribution in [0.4, 0.5) is 4.39 Å². The van der Waals surface area contributed by atoms with E-state index < -0.39 is 0 Å². The zero-order chi connectivity index (χ0) is 12.7. The molecule has 0 radical (unpaired) electrons. The summed E-state index contributed by atoms with van der Waals surface area (Å²) < 4.78 is 13.6. The van der Waals surface area contributed by atoms with Crippen molar-refractivity contribution in [3.05, 3.63) is 48.3 Å². The molecule has 1 atom stereocenters. The SMILES string of the molecule is C=CC(C)(CNCCC)Cc1ccccc1F. The van der Waals surface area contributed by atoms with E-state index in [2.05, 4.69) is 25.7 Å². The van der Waals surface area contributed by atoms with Crippen molar-refractivity contribution in [2.75, 3.05) is 13.1 Å². The zero-order valence-electron chi connectivity index (χ0n) is 10.8. The predicted octanol–water partition coefficient (Wildman–Crippen LogP) is 3.56. The maximum atomic E-state index is 13.6. The van der Waals surface area contributed by atoms with E-state index in [0.717, 1.165) is 25.1 Å². The van der Waals surface area contributed by atoms with Crippen LogP contribution in [-0.4, -0.2) is 13.1 Å². The molecule has 0 spiro atoms. The summed E-state index contributed by atoms with van der Waals surface area (Å²) >= 11 is 0. The van der Waals surface area contributed by atoms with Crippen molar-refractivity contribution in [3.63, 3.8) is 0 Å². The van der Waals surface area contributed by atoms with Crippen molar-refractivity contribution in [1.29, 1.82) is 0 Å².